The first-order chi connectivity index (χ1) is 14.3. The van der Waals surface area contributed by atoms with Gasteiger partial charge in [0.15, 0.2) is 0 Å². The molecule has 7 heteroatoms. The largest absolute Gasteiger partial charge is 0.381 e. The van der Waals surface area contributed by atoms with E-state index in [-0.39, 0.29) is 24.1 Å². The number of methoxy groups -OCH3 is 1. The molecule has 0 saturated heterocycles. The summed E-state index contributed by atoms with van der Waals surface area (Å²) >= 11 is 1.62. The molecule has 30 heavy (non-hydrogen) atoms. The lowest BCUT2D eigenvalue weighted by molar-refractivity contribution is -0.0235. The van der Waals surface area contributed by atoms with Gasteiger partial charge in [-0.15, -0.1) is 11.3 Å². The lowest BCUT2D eigenvalue weighted by Gasteiger charge is -2.27. The van der Waals surface area contributed by atoms with Crippen molar-refractivity contribution in [3.8, 4) is 11.4 Å². The fourth-order valence-electron chi connectivity index (χ4n) is 4.17. The number of hydrogen-bond acceptors (Lipinski definition) is 5. The Morgan fingerprint density at radius 1 is 1.23 bits per heavy atom. The highest BCUT2D eigenvalue weighted by molar-refractivity contribution is 7.09. The van der Waals surface area contributed by atoms with Gasteiger partial charge in [0.05, 0.1) is 35.8 Å². The number of ether oxygens (including phenoxy) is 2. The van der Waals surface area contributed by atoms with Gasteiger partial charge < -0.3 is 19.4 Å². The minimum absolute atomic E-state index is 0.0337. The number of carbonyl (C=O) groups is 1. The van der Waals surface area contributed by atoms with Crippen molar-refractivity contribution in [1.29, 1.82) is 0 Å². The van der Waals surface area contributed by atoms with E-state index in [1.54, 1.807) is 18.4 Å². The number of carbonyl (C=O) groups excluding carboxylic acids is 1. The van der Waals surface area contributed by atoms with Crippen molar-refractivity contribution in [3.63, 3.8) is 0 Å². The van der Waals surface area contributed by atoms with Gasteiger partial charge in [-0.05, 0) is 66.4 Å². The Balaban J connectivity index is 1.73. The normalized spacial score (nSPS) is 19.6. The third-order valence-corrected chi connectivity index (χ3v) is 6.51. The van der Waals surface area contributed by atoms with Gasteiger partial charge in [0, 0.05) is 30.3 Å². The van der Waals surface area contributed by atoms with Crippen LogP contribution in [0.4, 0.5) is 0 Å². The molecule has 0 bridgehead atoms. The van der Waals surface area contributed by atoms with Gasteiger partial charge in [-0.2, -0.15) is 0 Å². The van der Waals surface area contributed by atoms with Gasteiger partial charge in [0.2, 0.25) is 0 Å². The van der Waals surface area contributed by atoms with Crippen molar-refractivity contribution in [1.82, 2.24) is 14.9 Å². The summed E-state index contributed by atoms with van der Waals surface area (Å²) in [6.07, 6.45) is 4.88. The fourth-order valence-corrected chi connectivity index (χ4v) is 4.88. The zero-order valence-corrected chi connectivity index (χ0v) is 19.8. The number of nitrogens with zero attached hydrogens (tertiary/aromatic N) is 2. The third kappa shape index (κ3) is 5.31. The van der Waals surface area contributed by atoms with Crippen molar-refractivity contribution in [2.45, 2.75) is 91.2 Å². The lowest BCUT2D eigenvalue weighted by Crippen LogP contribution is -2.30. The predicted octanol–water partition coefficient (Wildman–Crippen LogP) is 5.11. The van der Waals surface area contributed by atoms with Crippen molar-refractivity contribution in [3.05, 3.63) is 27.7 Å². The maximum Gasteiger partial charge on any atom is 0.253 e. The van der Waals surface area contributed by atoms with E-state index in [2.05, 4.69) is 29.1 Å². The average Bonchev–Trinajstić information content (AvgIpc) is 3.30. The Bertz CT molecular complexity index is 848. The summed E-state index contributed by atoms with van der Waals surface area (Å²) in [6.45, 7) is 10.8. The molecule has 0 aromatic carbocycles. The highest BCUT2D eigenvalue weighted by Gasteiger charge is 2.23. The molecule has 0 unspecified atom stereocenters. The molecule has 1 saturated carbocycles. The van der Waals surface area contributed by atoms with Crippen molar-refractivity contribution in [2.75, 3.05) is 7.11 Å². The number of rotatable bonds is 8. The van der Waals surface area contributed by atoms with Gasteiger partial charge in [0.25, 0.3) is 5.91 Å². The van der Waals surface area contributed by atoms with Crippen LogP contribution < -0.4 is 5.32 Å². The van der Waals surface area contributed by atoms with Crippen molar-refractivity contribution >= 4 is 17.2 Å². The summed E-state index contributed by atoms with van der Waals surface area (Å²) < 4.78 is 13.8. The highest BCUT2D eigenvalue weighted by Crippen LogP contribution is 2.31. The first-order valence-corrected chi connectivity index (χ1v) is 11.8. The molecule has 3 rings (SSSR count). The van der Waals surface area contributed by atoms with E-state index in [1.807, 2.05) is 26.8 Å². The Morgan fingerprint density at radius 2 is 1.90 bits per heavy atom. The second-order valence-corrected chi connectivity index (χ2v) is 9.64. The Morgan fingerprint density at radius 3 is 2.50 bits per heavy atom. The maximum atomic E-state index is 12.7. The molecular weight excluding hydrogens is 398 g/mol. The molecule has 0 aliphatic heterocycles. The first-order valence-electron chi connectivity index (χ1n) is 10.9. The smallest absolute Gasteiger partial charge is 0.253 e. The van der Waals surface area contributed by atoms with Crippen LogP contribution in [0.5, 0.6) is 0 Å². The molecule has 0 radical (unpaired) electrons. The molecule has 2 heterocycles. The molecule has 2 aromatic rings. The number of hydrogen-bond donors (Lipinski definition) is 1. The third-order valence-electron chi connectivity index (χ3n) is 5.68. The van der Waals surface area contributed by atoms with Gasteiger partial charge in [-0.1, -0.05) is 0 Å². The summed E-state index contributed by atoms with van der Waals surface area (Å²) in [6, 6.07) is 2.31. The highest BCUT2D eigenvalue weighted by atomic mass is 32.1. The number of aromatic nitrogens is 2. The average molecular weight is 434 g/mol. The van der Waals surface area contributed by atoms with Crippen LogP contribution in [0.1, 0.15) is 80.5 Å². The number of nitrogens with one attached hydrogen (secondary N) is 1. The van der Waals surface area contributed by atoms with E-state index in [1.165, 1.54) is 0 Å². The quantitative estimate of drug-likeness (QED) is 0.628. The van der Waals surface area contributed by atoms with E-state index < -0.39 is 0 Å². The molecule has 1 amide bonds. The molecular formula is C23H35N3O3S. The van der Waals surface area contributed by atoms with Gasteiger partial charge in [0.1, 0.15) is 5.01 Å². The molecule has 1 fully saturated rings. The zero-order valence-electron chi connectivity index (χ0n) is 19.0. The molecule has 2 aromatic heterocycles. The van der Waals surface area contributed by atoms with Crippen molar-refractivity contribution < 1.29 is 14.3 Å². The van der Waals surface area contributed by atoms with E-state index >= 15 is 0 Å². The maximum absolute atomic E-state index is 12.7. The van der Waals surface area contributed by atoms with Gasteiger partial charge >= 0.3 is 0 Å². The molecule has 0 atom stereocenters. The monoisotopic (exact) mass is 433 g/mol. The van der Waals surface area contributed by atoms with Crippen LogP contribution in [-0.4, -0.2) is 40.8 Å². The van der Waals surface area contributed by atoms with Crippen molar-refractivity contribution in [2.24, 2.45) is 0 Å². The van der Waals surface area contributed by atoms with Crippen LogP contribution in [0.3, 0.4) is 0 Å². The molecule has 166 valence electrons. The first kappa shape index (κ1) is 23.0. The standard InChI is InChI=1S/C23H35N3O3S/c1-14(2)24-23(27)19-11-21(26(15(3)4)16(19)5)20-13-30-22(25-20)12-29-18-9-7-17(28-6)8-10-18/h11,13-15,17-18H,7-10,12H2,1-6H3,(H,24,27). The summed E-state index contributed by atoms with van der Waals surface area (Å²) in [5, 5.41) is 6.04. The van der Waals surface area contributed by atoms with Crippen LogP contribution in [-0.2, 0) is 16.1 Å². The van der Waals surface area contributed by atoms with Crippen LogP contribution in [0, 0.1) is 6.92 Å². The van der Waals surface area contributed by atoms with Crippen LogP contribution in [0.15, 0.2) is 11.4 Å². The molecule has 1 aliphatic rings. The Hall–Kier alpha value is -1.70. The van der Waals surface area contributed by atoms with Crippen LogP contribution >= 0.6 is 11.3 Å². The SMILES string of the molecule is COC1CCC(OCc2nc(-c3cc(C(=O)NC(C)C)c(C)n3C(C)C)cs2)CC1. The molecule has 0 spiro atoms. The Labute approximate surface area is 184 Å². The molecule has 1 N–H and O–H groups in total. The van der Waals surface area contributed by atoms with Crippen LogP contribution in [0.25, 0.3) is 11.4 Å². The van der Waals surface area contributed by atoms with E-state index in [4.69, 9.17) is 14.5 Å². The minimum atomic E-state index is -0.0337. The summed E-state index contributed by atoms with van der Waals surface area (Å²) in [4.78, 5) is 17.5. The number of thiazole rings is 1. The summed E-state index contributed by atoms with van der Waals surface area (Å²) in [7, 11) is 1.79. The van der Waals surface area contributed by atoms with E-state index in [0.29, 0.717) is 18.3 Å². The summed E-state index contributed by atoms with van der Waals surface area (Å²) in [5.74, 6) is -0.0337. The number of amides is 1. The fraction of sp³-hybridized carbons (Fsp3) is 0.652. The second kappa shape index (κ2) is 10.1. The molecule has 1 aliphatic carbocycles. The zero-order chi connectivity index (χ0) is 21.8. The lowest BCUT2D eigenvalue weighted by atomic mass is 9.95. The van der Waals surface area contributed by atoms with Crippen LogP contribution in [0.2, 0.25) is 0 Å². The van der Waals surface area contributed by atoms with E-state index in [0.717, 1.165) is 47.8 Å². The van der Waals surface area contributed by atoms with E-state index in [9.17, 15) is 4.79 Å². The Kier molecular flexibility index (Phi) is 7.71. The minimum Gasteiger partial charge on any atom is -0.381 e. The molecule has 6 nitrogen and oxygen atoms in total. The van der Waals surface area contributed by atoms with Gasteiger partial charge in [-0.3, -0.25) is 4.79 Å². The predicted molar refractivity (Wildman–Crippen MR) is 121 cm³/mol. The van der Waals surface area contributed by atoms with Gasteiger partial charge in [-0.25, -0.2) is 4.98 Å². The summed E-state index contributed by atoms with van der Waals surface area (Å²) in [5.41, 5.74) is 3.58. The second-order valence-electron chi connectivity index (χ2n) is 8.69. The topological polar surface area (TPSA) is 65.4 Å².